The Bertz CT molecular complexity index is 913. The number of amides is 1. The molecule has 2 N–H and O–H groups in total. The number of para-hydroxylation sites is 2. The van der Waals surface area contributed by atoms with Gasteiger partial charge in [0.1, 0.15) is 5.75 Å². The van der Waals surface area contributed by atoms with Crippen LogP contribution in [0.2, 0.25) is 0 Å². The van der Waals surface area contributed by atoms with Gasteiger partial charge in [0.25, 0.3) is 5.91 Å². The Kier molecular flexibility index (Phi) is 6.49. The third-order valence-corrected chi connectivity index (χ3v) is 4.66. The van der Waals surface area contributed by atoms with Gasteiger partial charge in [-0.15, -0.1) is 0 Å². The number of nitrogens with one attached hydrogen (secondary N) is 2. The lowest BCUT2D eigenvalue weighted by Gasteiger charge is -2.12. The molecule has 0 spiro atoms. The topological polar surface area (TPSA) is 50.4 Å². The molecule has 3 aromatic rings. The van der Waals surface area contributed by atoms with Gasteiger partial charge in [-0.25, -0.2) is 0 Å². The van der Waals surface area contributed by atoms with Crippen LogP contribution in [0.3, 0.4) is 0 Å². The van der Waals surface area contributed by atoms with Crippen LogP contribution in [0.5, 0.6) is 5.75 Å². The first-order chi connectivity index (χ1) is 13.1. The lowest BCUT2D eigenvalue weighted by molar-refractivity contribution is -0.118. The Morgan fingerprint density at radius 1 is 1.00 bits per heavy atom. The van der Waals surface area contributed by atoms with Gasteiger partial charge in [-0.3, -0.25) is 4.79 Å². The second-order valence-corrected chi connectivity index (χ2v) is 6.99. The average molecular weight is 425 g/mol. The molecule has 0 bridgehead atoms. The number of rotatable bonds is 7. The van der Waals surface area contributed by atoms with E-state index in [0.29, 0.717) is 12.3 Å². The zero-order valence-electron chi connectivity index (χ0n) is 15.0. The largest absolute Gasteiger partial charge is 0.483 e. The highest BCUT2D eigenvalue weighted by molar-refractivity contribution is 9.10. The van der Waals surface area contributed by atoms with Gasteiger partial charge in [0.15, 0.2) is 6.61 Å². The second-order valence-electron chi connectivity index (χ2n) is 6.14. The predicted octanol–water partition coefficient (Wildman–Crippen LogP) is 5.39. The van der Waals surface area contributed by atoms with Crippen molar-refractivity contribution in [2.24, 2.45) is 0 Å². The summed E-state index contributed by atoms with van der Waals surface area (Å²) in [5, 5.41) is 6.23. The Labute approximate surface area is 167 Å². The first-order valence-corrected chi connectivity index (χ1v) is 9.47. The van der Waals surface area contributed by atoms with Crippen LogP contribution in [0.4, 0.5) is 11.4 Å². The number of benzene rings is 3. The summed E-state index contributed by atoms with van der Waals surface area (Å²) in [7, 11) is 0. The molecule has 0 radical (unpaired) electrons. The van der Waals surface area contributed by atoms with Crippen molar-refractivity contribution in [3.8, 4) is 5.75 Å². The summed E-state index contributed by atoms with van der Waals surface area (Å²) in [6.45, 7) is 2.74. The number of halogens is 1. The van der Waals surface area contributed by atoms with E-state index < -0.39 is 0 Å². The normalized spacial score (nSPS) is 10.3. The maximum Gasteiger partial charge on any atom is 0.262 e. The first kappa shape index (κ1) is 19.0. The Morgan fingerprint density at radius 2 is 1.74 bits per heavy atom. The third-order valence-electron chi connectivity index (χ3n) is 4.04. The zero-order valence-corrected chi connectivity index (χ0v) is 16.6. The molecule has 0 saturated heterocycles. The average Bonchev–Trinajstić information content (AvgIpc) is 2.67. The minimum atomic E-state index is -0.196. The van der Waals surface area contributed by atoms with E-state index in [4.69, 9.17) is 4.74 Å². The van der Waals surface area contributed by atoms with Gasteiger partial charge in [-0.2, -0.15) is 0 Å². The number of hydrogen-bond donors (Lipinski definition) is 2. The molecule has 0 unspecified atom stereocenters. The quantitative estimate of drug-likeness (QED) is 0.534. The van der Waals surface area contributed by atoms with Crippen LogP contribution in [-0.4, -0.2) is 12.5 Å². The maximum atomic E-state index is 12.0. The standard InChI is InChI=1S/C22H21BrN2O2/c1-16-7-5-6-10-20(16)24-14-17-11-12-21(19(23)13-17)27-15-22(26)25-18-8-3-2-4-9-18/h2-13,24H,14-15H2,1H3,(H,25,26). The van der Waals surface area contributed by atoms with Gasteiger partial charge in [0.05, 0.1) is 4.47 Å². The van der Waals surface area contributed by atoms with Crippen molar-refractivity contribution in [1.82, 2.24) is 0 Å². The van der Waals surface area contributed by atoms with Gasteiger partial charge in [0.2, 0.25) is 0 Å². The van der Waals surface area contributed by atoms with Gasteiger partial charge < -0.3 is 15.4 Å². The maximum absolute atomic E-state index is 12.0. The Balaban J connectivity index is 1.53. The Morgan fingerprint density at radius 3 is 2.48 bits per heavy atom. The molecule has 4 nitrogen and oxygen atoms in total. The van der Waals surface area contributed by atoms with Crippen LogP contribution in [0.1, 0.15) is 11.1 Å². The molecule has 27 heavy (non-hydrogen) atoms. The van der Waals surface area contributed by atoms with Crippen LogP contribution in [-0.2, 0) is 11.3 Å². The van der Waals surface area contributed by atoms with Crippen LogP contribution < -0.4 is 15.4 Å². The van der Waals surface area contributed by atoms with Gasteiger partial charge in [0, 0.05) is 17.9 Å². The minimum absolute atomic E-state index is 0.0473. The minimum Gasteiger partial charge on any atom is -0.483 e. The molecule has 0 saturated carbocycles. The van der Waals surface area contributed by atoms with Crippen LogP contribution in [0.15, 0.2) is 77.3 Å². The second kappa shape index (κ2) is 9.24. The van der Waals surface area contributed by atoms with E-state index in [1.807, 2.05) is 60.7 Å². The molecule has 0 atom stereocenters. The number of carbonyl (C=O) groups is 1. The van der Waals surface area contributed by atoms with Crippen molar-refractivity contribution < 1.29 is 9.53 Å². The molecule has 3 aromatic carbocycles. The van der Waals surface area contributed by atoms with Gasteiger partial charge in [-0.1, -0.05) is 42.5 Å². The number of aryl methyl sites for hydroxylation is 1. The van der Waals surface area contributed by atoms with Crippen molar-refractivity contribution in [3.05, 3.63) is 88.4 Å². The molecule has 0 heterocycles. The summed E-state index contributed by atoms with van der Waals surface area (Å²) in [6, 6.07) is 23.4. The van der Waals surface area contributed by atoms with E-state index in [9.17, 15) is 4.79 Å². The predicted molar refractivity (Wildman–Crippen MR) is 113 cm³/mol. The van der Waals surface area contributed by atoms with Crippen molar-refractivity contribution in [2.75, 3.05) is 17.2 Å². The highest BCUT2D eigenvalue weighted by Gasteiger charge is 2.07. The molecule has 0 aliphatic heterocycles. The number of carbonyl (C=O) groups excluding carboxylic acids is 1. The van der Waals surface area contributed by atoms with Crippen LogP contribution >= 0.6 is 15.9 Å². The molecule has 0 fully saturated rings. The highest BCUT2D eigenvalue weighted by atomic mass is 79.9. The zero-order chi connectivity index (χ0) is 19.1. The molecule has 0 aliphatic rings. The summed E-state index contributed by atoms with van der Waals surface area (Å²) in [4.78, 5) is 12.0. The lowest BCUT2D eigenvalue weighted by atomic mass is 10.1. The number of ether oxygens (including phenoxy) is 1. The third kappa shape index (κ3) is 5.59. The summed E-state index contributed by atoms with van der Waals surface area (Å²) >= 11 is 3.52. The summed E-state index contributed by atoms with van der Waals surface area (Å²) < 4.78 is 6.45. The molecule has 5 heteroatoms. The van der Waals surface area contributed by atoms with E-state index in [0.717, 1.165) is 21.4 Å². The van der Waals surface area contributed by atoms with Crippen molar-refractivity contribution in [2.45, 2.75) is 13.5 Å². The van der Waals surface area contributed by atoms with E-state index in [2.05, 4.69) is 45.6 Å². The van der Waals surface area contributed by atoms with E-state index >= 15 is 0 Å². The monoisotopic (exact) mass is 424 g/mol. The highest BCUT2D eigenvalue weighted by Crippen LogP contribution is 2.26. The van der Waals surface area contributed by atoms with Gasteiger partial charge >= 0.3 is 0 Å². The molecule has 3 rings (SSSR count). The van der Waals surface area contributed by atoms with E-state index in [1.54, 1.807) is 0 Å². The molecular weight excluding hydrogens is 404 g/mol. The van der Waals surface area contributed by atoms with E-state index in [1.165, 1.54) is 5.56 Å². The lowest BCUT2D eigenvalue weighted by Crippen LogP contribution is -2.20. The molecular formula is C22H21BrN2O2. The van der Waals surface area contributed by atoms with Crippen molar-refractivity contribution in [1.29, 1.82) is 0 Å². The summed E-state index contributed by atoms with van der Waals surface area (Å²) in [5.41, 5.74) is 4.20. The number of anilines is 2. The first-order valence-electron chi connectivity index (χ1n) is 8.67. The molecule has 0 aromatic heterocycles. The molecule has 1 amide bonds. The fourth-order valence-corrected chi connectivity index (χ4v) is 3.14. The molecule has 0 aliphatic carbocycles. The SMILES string of the molecule is Cc1ccccc1NCc1ccc(OCC(=O)Nc2ccccc2)c(Br)c1. The fraction of sp³-hybridized carbons (Fsp3) is 0.136. The van der Waals surface area contributed by atoms with Crippen LogP contribution in [0.25, 0.3) is 0 Å². The Hall–Kier alpha value is -2.79. The molecule has 138 valence electrons. The van der Waals surface area contributed by atoms with E-state index in [-0.39, 0.29) is 12.5 Å². The fourth-order valence-electron chi connectivity index (χ4n) is 2.60. The smallest absolute Gasteiger partial charge is 0.262 e. The van der Waals surface area contributed by atoms with Crippen molar-refractivity contribution in [3.63, 3.8) is 0 Å². The number of hydrogen-bond acceptors (Lipinski definition) is 3. The summed E-state index contributed by atoms with van der Waals surface area (Å²) in [6.07, 6.45) is 0. The van der Waals surface area contributed by atoms with Crippen molar-refractivity contribution >= 4 is 33.2 Å². The van der Waals surface area contributed by atoms with Crippen LogP contribution in [0, 0.1) is 6.92 Å². The summed E-state index contributed by atoms with van der Waals surface area (Å²) in [5.74, 6) is 0.441. The van der Waals surface area contributed by atoms with Gasteiger partial charge in [-0.05, 0) is 64.3 Å².